The molecule has 212 valence electrons. The maximum atomic E-state index is 12.5. The quantitative estimate of drug-likeness (QED) is 0.226. The van der Waals surface area contributed by atoms with Gasteiger partial charge in [-0.05, 0) is 35.7 Å². The Bertz CT molecular complexity index is 1250. The van der Waals surface area contributed by atoms with Crippen molar-refractivity contribution in [1.29, 1.82) is 0 Å². The van der Waals surface area contributed by atoms with Crippen LogP contribution in [-0.2, 0) is 30.4 Å². The van der Waals surface area contributed by atoms with E-state index >= 15 is 0 Å². The van der Waals surface area contributed by atoms with Gasteiger partial charge in [0.05, 0.1) is 25.4 Å². The molecule has 0 aromatic heterocycles. The number of aliphatic hydroxyl groups excluding tert-OH is 2. The van der Waals surface area contributed by atoms with Crippen LogP contribution < -0.4 is 5.32 Å². The Labute approximate surface area is 238 Å². The summed E-state index contributed by atoms with van der Waals surface area (Å²) in [6.45, 7) is 2.80. The fourth-order valence-corrected chi connectivity index (χ4v) is 5.54. The van der Waals surface area contributed by atoms with Crippen molar-refractivity contribution in [3.05, 3.63) is 101 Å². The summed E-state index contributed by atoms with van der Waals surface area (Å²) in [5.41, 5.74) is 4.08. The fraction of sp³-hybridized carbons (Fsp3) is 0.355. The zero-order chi connectivity index (χ0) is 28.5. The molecule has 0 radical (unpaired) electrons. The van der Waals surface area contributed by atoms with Gasteiger partial charge in [-0.15, -0.1) is 0 Å². The first-order valence-electron chi connectivity index (χ1n) is 13.2. The number of nitrogens with one attached hydrogen (secondary N) is 1. The highest BCUT2D eigenvalue weighted by molar-refractivity contribution is 7.99. The smallest absolute Gasteiger partial charge is 0.303 e. The second-order valence-electron chi connectivity index (χ2n) is 9.56. The number of carbonyl (C=O) groups is 2. The van der Waals surface area contributed by atoms with E-state index < -0.39 is 24.3 Å². The summed E-state index contributed by atoms with van der Waals surface area (Å²) in [7, 11) is 0. The number of carbonyl (C=O) groups excluding carboxylic acids is 2. The largest absolute Gasteiger partial charge is 0.453 e. The van der Waals surface area contributed by atoms with E-state index in [1.165, 1.54) is 13.8 Å². The van der Waals surface area contributed by atoms with Crippen molar-refractivity contribution in [3.63, 3.8) is 0 Å². The number of anilines is 1. The molecule has 5 atom stereocenters. The molecule has 1 aliphatic rings. The molecule has 8 nitrogen and oxygen atoms in total. The second kappa shape index (κ2) is 14.4. The molecule has 1 aliphatic heterocycles. The van der Waals surface area contributed by atoms with Gasteiger partial charge in [0.2, 0.25) is 0 Å². The van der Waals surface area contributed by atoms with Gasteiger partial charge in [0, 0.05) is 35.6 Å². The molecule has 0 aliphatic carbocycles. The summed E-state index contributed by atoms with van der Waals surface area (Å²) in [5.74, 6) is 0.126. The van der Waals surface area contributed by atoms with Crippen LogP contribution in [0.1, 0.15) is 54.4 Å². The van der Waals surface area contributed by atoms with Crippen LogP contribution in [0.3, 0.4) is 0 Å². The Balaban J connectivity index is 1.66. The summed E-state index contributed by atoms with van der Waals surface area (Å²) < 4.78 is 18.3. The lowest BCUT2D eigenvalue weighted by Crippen LogP contribution is -2.38. The standard InChI is InChI=1S/C31H35NO7S/c1-20(37-21(2)35)30(36)32-26-10-6-9-25(17-26)31-38-27(19-40-16-15-33)28(23-7-4-3-5-8-23)29(39-31)24-13-11-22(18-34)12-14-24/h3-14,17,20,27-29,31,33-34H,15-16,18-19H2,1-2H3,(H,32,36)/t20-,27+,28+,29-,31?/m0/s1. The molecule has 0 saturated carbocycles. The average molecular weight is 566 g/mol. The number of thioether (sulfide) groups is 1. The molecule has 3 N–H and O–H groups in total. The number of hydrogen-bond donors (Lipinski definition) is 3. The van der Waals surface area contributed by atoms with Crippen LogP contribution in [-0.4, -0.2) is 52.4 Å². The third-order valence-corrected chi connectivity index (χ3v) is 7.66. The van der Waals surface area contributed by atoms with Crippen LogP contribution in [0.4, 0.5) is 5.69 Å². The van der Waals surface area contributed by atoms with Crippen LogP contribution in [0.5, 0.6) is 0 Å². The molecule has 3 aromatic carbocycles. The lowest BCUT2D eigenvalue weighted by molar-refractivity contribution is -0.255. The zero-order valence-electron chi connectivity index (χ0n) is 22.6. The van der Waals surface area contributed by atoms with Crippen LogP contribution in [0.2, 0.25) is 0 Å². The topological polar surface area (TPSA) is 114 Å². The molecule has 1 unspecified atom stereocenters. The highest BCUT2D eigenvalue weighted by Crippen LogP contribution is 2.47. The summed E-state index contributed by atoms with van der Waals surface area (Å²) in [6.07, 6.45) is -2.28. The summed E-state index contributed by atoms with van der Waals surface area (Å²) in [4.78, 5) is 23.8. The normalized spacial score (nSPS) is 21.4. The van der Waals surface area contributed by atoms with Crippen molar-refractivity contribution >= 4 is 29.3 Å². The lowest BCUT2D eigenvalue weighted by atomic mass is 9.84. The van der Waals surface area contributed by atoms with Crippen molar-refractivity contribution in [3.8, 4) is 0 Å². The Morgan fingerprint density at radius 2 is 1.68 bits per heavy atom. The lowest BCUT2D eigenvalue weighted by Gasteiger charge is -2.43. The first-order chi connectivity index (χ1) is 19.4. The molecule has 0 bridgehead atoms. The van der Waals surface area contributed by atoms with Gasteiger partial charge in [0.25, 0.3) is 5.91 Å². The molecule has 40 heavy (non-hydrogen) atoms. The number of amides is 1. The van der Waals surface area contributed by atoms with Gasteiger partial charge < -0.3 is 29.7 Å². The van der Waals surface area contributed by atoms with E-state index in [1.54, 1.807) is 30.0 Å². The van der Waals surface area contributed by atoms with E-state index in [9.17, 15) is 19.8 Å². The predicted octanol–water partition coefficient (Wildman–Crippen LogP) is 4.73. The van der Waals surface area contributed by atoms with Gasteiger partial charge >= 0.3 is 5.97 Å². The molecular formula is C31H35NO7S. The number of aliphatic hydroxyl groups is 2. The summed E-state index contributed by atoms with van der Waals surface area (Å²) in [5, 5.41) is 21.8. The minimum absolute atomic E-state index is 0.0470. The van der Waals surface area contributed by atoms with Crippen molar-refractivity contribution < 1.29 is 34.0 Å². The monoisotopic (exact) mass is 565 g/mol. The molecule has 1 amide bonds. The van der Waals surface area contributed by atoms with Crippen molar-refractivity contribution in [2.24, 2.45) is 0 Å². The van der Waals surface area contributed by atoms with Crippen molar-refractivity contribution in [1.82, 2.24) is 0 Å². The summed E-state index contributed by atoms with van der Waals surface area (Å²) >= 11 is 1.62. The fourth-order valence-electron chi connectivity index (χ4n) is 4.73. The van der Waals surface area contributed by atoms with Gasteiger partial charge in [-0.3, -0.25) is 9.59 Å². The molecule has 3 aromatic rings. The van der Waals surface area contributed by atoms with E-state index in [1.807, 2.05) is 48.5 Å². The van der Waals surface area contributed by atoms with E-state index in [2.05, 4.69) is 17.4 Å². The Kier molecular flexibility index (Phi) is 10.7. The van der Waals surface area contributed by atoms with Crippen LogP contribution in [0.25, 0.3) is 0 Å². The van der Waals surface area contributed by atoms with Crippen molar-refractivity contribution in [2.45, 2.75) is 51.0 Å². The molecule has 4 rings (SSSR count). The number of rotatable bonds is 11. The van der Waals surface area contributed by atoms with Gasteiger partial charge in [-0.1, -0.05) is 66.7 Å². The molecule has 0 spiro atoms. The Morgan fingerprint density at radius 1 is 0.950 bits per heavy atom. The average Bonchev–Trinajstić information content (AvgIpc) is 2.97. The molecule has 1 saturated heterocycles. The van der Waals surface area contributed by atoms with Crippen LogP contribution in [0, 0.1) is 0 Å². The van der Waals surface area contributed by atoms with Crippen LogP contribution >= 0.6 is 11.8 Å². The highest BCUT2D eigenvalue weighted by Gasteiger charge is 2.41. The predicted molar refractivity (Wildman–Crippen MR) is 154 cm³/mol. The number of benzene rings is 3. The minimum Gasteiger partial charge on any atom is -0.453 e. The van der Waals surface area contributed by atoms with E-state index in [4.69, 9.17) is 14.2 Å². The van der Waals surface area contributed by atoms with E-state index in [-0.39, 0.29) is 31.3 Å². The van der Waals surface area contributed by atoms with Gasteiger partial charge in [0.15, 0.2) is 12.4 Å². The third kappa shape index (κ3) is 7.71. The second-order valence-corrected chi connectivity index (χ2v) is 10.7. The SMILES string of the molecule is CC(=O)O[C@@H](C)C(=O)Nc1cccc(C2O[C@H](CSCCO)[C@@H](c3ccccc3)[C@H](c3ccc(CO)cc3)O2)c1. The number of hydrogen-bond acceptors (Lipinski definition) is 8. The molecule has 1 fully saturated rings. The summed E-state index contributed by atoms with van der Waals surface area (Å²) in [6, 6.07) is 25.0. The Morgan fingerprint density at radius 3 is 2.35 bits per heavy atom. The van der Waals surface area contributed by atoms with Crippen molar-refractivity contribution in [2.75, 3.05) is 23.4 Å². The van der Waals surface area contributed by atoms with Gasteiger partial charge in [-0.25, -0.2) is 0 Å². The highest BCUT2D eigenvalue weighted by atomic mass is 32.2. The number of ether oxygens (including phenoxy) is 3. The molecular weight excluding hydrogens is 530 g/mol. The minimum atomic E-state index is -0.936. The maximum Gasteiger partial charge on any atom is 0.303 e. The van der Waals surface area contributed by atoms with Crippen LogP contribution in [0.15, 0.2) is 78.9 Å². The first-order valence-corrected chi connectivity index (χ1v) is 14.4. The molecule has 9 heteroatoms. The van der Waals surface area contributed by atoms with E-state index in [0.29, 0.717) is 17.2 Å². The zero-order valence-corrected chi connectivity index (χ0v) is 23.4. The molecule has 1 heterocycles. The third-order valence-electron chi connectivity index (χ3n) is 6.63. The van der Waals surface area contributed by atoms with Gasteiger partial charge in [-0.2, -0.15) is 11.8 Å². The maximum absolute atomic E-state index is 12.5. The van der Waals surface area contributed by atoms with Gasteiger partial charge in [0.1, 0.15) is 0 Å². The Hall–Kier alpha value is -3.21. The number of esters is 1. The first kappa shape index (κ1) is 29.8. The van der Waals surface area contributed by atoms with E-state index in [0.717, 1.165) is 22.3 Å².